The number of ether oxygens (including phenoxy) is 3. The van der Waals surface area contributed by atoms with Crippen molar-refractivity contribution in [2.45, 2.75) is 19.8 Å². The molecular weight excluding hydrogens is 446 g/mol. The SMILES string of the molecule is CCOC(=O)C1=C(N)Oc2cc3ccccc3cc2C1c1cc(C)c(OC)c(Br)c1. The van der Waals surface area contributed by atoms with E-state index in [1.54, 1.807) is 14.0 Å². The minimum atomic E-state index is -0.483. The lowest BCUT2D eigenvalue weighted by molar-refractivity contribution is -0.139. The standard InChI is InChI=1S/C24H22BrNO4/c1-4-29-24(27)21-20(16-9-13(2)22(28-3)18(25)11-16)17-10-14-7-5-6-8-15(14)12-19(17)30-23(21)26/h5-12,20H,4,26H2,1-3H3. The average molecular weight is 468 g/mol. The quantitative estimate of drug-likeness (QED) is 0.535. The van der Waals surface area contributed by atoms with Gasteiger partial charge in [-0.15, -0.1) is 0 Å². The zero-order valence-electron chi connectivity index (χ0n) is 17.0. The van der Waals surface area contributed by atoms with E-state index in [1.165, 1.54) is 0 Å². The Morgan fingerprint density at radius 3 is 2.50 bits per heavy atom. The Morgan fingerprint density at radius 1 is 1.17 bits per heavy atom. The van der Waals surface area contributed by atoms with Gasteiger partial charge in [-0.25, -0.2) is 4.79 Å². The zero-order valence-corrected chi connectivity index (χ0v) is 18.6. The molecule has 0 fully saturated rings. The van der Waals surface area contributed by atoms with E-state index in [2.05, 4.69) is 22.0 Å². The maximum Gasteiger partial charge on any atom is 0.340 e. The van der Waals surface area contributed by atoms with Crippen LogP contribution in [-0.4, -0.2) is 19.7 Å². The van der Waals surface area contributed by atoms with Crippen LogP contribution < -0.4 is 15.2 Å². The van der Waals surface area contributed by atoms with Crippen LogP contribution in [0.5, 0.6) is 11.5 Å². The van der Waals surface area contributed by atoms with Gasteiger partial charge in [0, 0.05) is 5.56 Å². The first-order chi connectivity index (χ1) is 14.4. The van der Waals surface area contributed by atoms with Gasteiger partial charge in [-0.1, -0.05) is 30.3 Å². The number of carbonyl (C=O) groups is 1. The number of methoxy groups -OCH3 is 1. The summed E-state index contributed by atoms with van der Waals surface area (Å²) >= 11 is 3.59. The van der Waals surface area contributed by atoms with Crippen LogP contribution in [-0.2, 0) is 9.53 Å². The summed E-state index contributed by atoms with van der Waals surface area (Å²) in [7, 11) is 1.63. The molecule has 3 aromatic carbocycles. The molecule has 1 aliphatic rings. The van der Waals surface area contributed by atoms with Crippen LogP contribution in [0.3, 0.4) is 0 Å². The van der Waals surface area contributed by atoms with Gasteiger partial charge >= 0.3 is 5.97 Å². The number of fused-ring (bicyclic) bond motifs is 2. The molecule has 1 aliphatic heterocycles. The topological polar surface area (TPSA) is 70.8 Å². The fourth-order valence-corrected chi connectivity index (χ4v) is 4.72. The van der Waals surface area contributed by atoms with Crippen molar-refractivity contribution < 1.29 is 19.0 Å². The predicted molar refractivity (Wildman–Crippen MR) is 120 cm³/mol. The molecule has 0 saturated carbocycles. The highest BCUT2D eigenvalue weighted by Gasteiger charge is 2.36. The van der Waals surface area contributed by atoms with Crippen molar-refractivity contribution in [2.75, 3.05) is 13.7 Å². The van der Waals surface area contributed by atoms with Crippen molar-refractivity contribution in [1.29, 1.82) is 0 Å². The van der Waals surface area contributed by atoms with Crippen molar-refractivity contribution in [3.8, 4) is 11.5 Å². The molecule has 154 valence electrons. The lowest BCUT2D eigenvalue weighted by atomic mass is 9.81. The third-order valence-corrected chi connectivity index (χ3v) is 5.84. The molecule has 2 N–H and O–H groups in total. The minimum absolute atomic E-state index is 0.0609. The summed E-state index contributed by atoms with van der Waals surface area (Å²) < 4.78 is 17.5. The molecule has 0 aromatic heterocycles. The third kappa shape index (κ3) is 3.41. The van der Waals surface area contributed by atoms with Gasteiger partial charge in [0.15, 0.2) is 0 Å². The maximum absolute atomic E-state index is 12.9. The first-order valence-electron chi connectivity index (χ1n) is 9.66. The van der Waals surface area contributed by atoms with Gasteiger partial charge < -0.3 is 19.9 Å². The molecule has 3 aromatic rings. The van der Waals surface area contributed by atoms with E-state index in [0.717, 1.165) is 37.7 Å². The van der Waals surface area contributed by atoms with Gasteiger partial charge in [-0.2, -0.15) is 0 Å². The second-order valence-corrected chi connectivity index (χ2v) is 7.98. The minimum Gasteiger partial charge on any atom is -0.495 e. The number of rotatable bonds is 4. The molecule has 1 atom stereocenters. The van der Waals surface area contributed by atoms with E-state index in [1.807, 2.05) is 49.4 Å². The molecule has 1 unspecified atom stereocenters. The number of benzene rings is 3. The number of aryl methyl sites for hydroxylation is 1. The molecule has 0 saturated heterocycles. The van der Waals surface area contributed by atoms with Gasteiger partial charge in [0.25, 0.3) is 0 Å². The van der Waals surface area contributed by atoms with Gasteiger partial charge in [0.05, 0.1) is 24.1 Å². The van der Waals surface area contributed by atoms with E-state index >= 15 is 0 Å². The van der Waals surface area contributed by atoms with Crippen LogP contribution in [0.4, 0.5) is 0 Å². The van der Waals surface area contributed by atoms with Crippen LogP contribution in [0.2, 0.25) is 0 Å². The van der Waals surface area contributed by atoms with Crippen molar-refractivity contribution >= 4 is 32.7 Å². The van der Waals surface area contributed by atoms with Gasteiger partial charge in [-0.05, 0) is 69.9 Å². The number of hydrogen-bond acceptors (Lipinski definition) is 5. The molecule has 0 aliphatic carbocycles. The molecule has 30 heavy (non-hydrogen) atoms. The van der Waals surface area contributed by atoms with Gasteiger partial charge in [0.2, 0.25) is 5.88 Å². The van der Waals surface area contributed by atoms with E-state index in [-0.39, 0.29) is 12.5 Å². The Balaban J connectivity index is 1.98. The molecule has 5 nitrogen and oxygen atoms in total. The first kappa shape index (κ1) is 20.3. The Bertz CT molecular complexity index is 1160. The number of carbonyl (C=O) groups excluding carboxylic acids is 1. The third-order valence-electron chi connectivity index (χ3n) is 5.25. The Hall–Kier alpha value is -2.99. The summed E-state index contributed by atoms with van der Waals surface area (Å²) in [6.07, 6.45) is 0. The van der Waals surface area contributed by atoms with Crippen LogP contribution in [0.25, 0.3) is 10.8 Å². The highest BCUT2D eigenvalue weighted by atomic mass is 79.9. The molecule has 0 radical (unpaired) electrons. The second-order valence-electron chi connectivity index (χ2n) is 7.12. The second kappa shape index (κ2) is 8.03. The molecule has 6 heteroatoms. The predicted octanol–water partition coefficient (Wildman–Crippen LogP) is 5.18. The summed E-state index contributed by atoms with van der Waals surface area (Å²) in [4.78, 5) is 12.9. The van der Waals surface area contributed by atoms with Crippen molar-refractivity contribution in [3.05, 3.63) is 81.2 Å². The van der Waals surface area contributed by atoms with E-state index in [9.17, 15) is 4.79 Å². The highest BCUT2D eigenvalue weighted by Crippen LogP contribution is 2.46. The Morgan fingerprint density at radius 2 is 1.87 bits per heavy atom. The van der Waals surface area contributed by atoms with E-state index in [0.29, 0.717) is 11.3 Å². The van der Waals surface area contributed by atoms with Crippen LogP contribution >= 0.6 is 15.9 Å². The summed E-state index contributed by atoms with van der Waals surface area (Å²) in [5, 5.41) is 2.09. The fourth-order valence-electron chi connectivity index (χ4n) is 3.98. The number of nitrogens with two attached hydrogens (primary N) is 1. The Labute approximate surface area is 183 Å². The number of halogens is 1. The van der Waals surface area contributed by atoms with E-state index < -0.39 is 11.9 Å². The summed E-state index contributed by atoms with van der Waals surface area (Å²) in [6.45, 7) is 3.98. The van der Waals surface area contributed by atoms with Crippen molar-refractivity contribution in [1.82, 2.24) is 0 Å². The average Bonchev–Trinajstić information content (AvgIpc) is 2.71. The first-order valence-corrected chi connectivity index (χ1v) is 10.4. The normalized spacial score (nSPS) is 15.5. The largest absolute Gasteiger partial charge is 0.495 e. The van der Waals surface area contributed by atoms with Gasteiger partial charge in [-0.3, -0.25) is 0 Å². The fraction of sp³-hybridized carbons (Fsp3) is 0.208. The highest BCUT2D eigenvalue weighted by molar-refractivity contribution is 9.10. The summed E-state index contributed by atoms with van der Waals surface area (Å²) in [5.41, 5.74) is 9.25. The Kier molecular flexibility index (Phi) is 5.43. The molecular formula is C24H22BrNO4. The molecule has 1 heterocycles. The summed E-state index contributed by atoms with van der Waals surface area (Å²) in [6, 6.07) is 16.0. The molecule has 0 spiro atoms. The summed E-state index contributed by atoms with van der Waals surface area (Å²) in [5.74, 6) is 0.528. The number of esters is 1. The monoisotopic (exact) mass is 467 g/mol. The number of hydrogen-bond donors (Lipinski definition) is 1. The van der Waals surface area contributed by atoms with Crippen LogP contribution in [0.1, 0.15) is 29.5 Å². The zero-order chi connectivity index (χ0) is 21.4. The smallest absolute Gasteiger partial charge is 0.340 e. The maximum atomic E-state index is 12.9. The lowest BCUT2D eigenvalue weighted by Crippen LogP contribution is -2.27. The van der Waals surface area contributed by atoms with Crippen LogP contribution in [0.15, 0.2) is 64.5 Å². The molecule has 4 rings (SSSR count). The van der Waals surface area contributed by atoms with Crippen LogP contribution in [0, 0.1) is 6.92 Å². The lowest BCUT2D eigenvalue weighted by Gasteiger charge is -2.29. The van der Waals surface area contributed by atoms with Gasteiger partial charge in [0.1, 0.15) is 17.1 Å². The van der Waals surface area contributed by atoms with E-state index in [4.69, 9.17) is 19.9 Å². The molecule has 0 bridgehead atoms. The van der Waals surface area contributed by atoms with Crippen molar-refractivity contribution in [2.24, 2.45) is 5.73 Å². The molecule has 0 amide bonds. The van der Waals surface area contributed by atoms with Crippen molar-refractivity contribution in [3.63, 3.8) is 0 Å².